The molecule has 1 aromatic carbocycles. The lowest BCUT2D eigenvalue weighted by atomic mass is 10.2. The van der Waals surface area contributed by atoms with E-state index in [0.717, 1.165) is 28.9 Å². The molecule has 1 fully saturated rings. The molecular formula is C14H23BrN4. The molecule has 2 rings (SSSR count). The van der Waals surface area contributed by atoms with Crippen molar-refractivity contribution in [3.63, 3.8) is 0 Å². The highest BCUT2D eigenvalue weighted by Gasteiger charge is 2.14. The summed E-state index contributed by atoms with van der Waals surface area (Å²) in [5.41, 5.74) is 7.99. The molecule has 1 aliphatic heterocycles. The molecule has 0 saturated carbocycles. The molecule has 0 bridgehead atoms. The van der Waals surface area contributed by atoms with E-state index in [1.165, 1.54) is 26.2 Å². The van der Waals surface area contributed by atoms with Gasteiger partial charge in [0.15, 0.2) is 0 Å². The molecule has 1 aliphatic rings. The third kappa shape index (κ3) is 4.09. The van der Waals surface area contributed by atoms with Gasteiger partial charge in [-0.25, -0.2) is 0 Å². The highest BCUT2D eigenvalue weighted by Crippen LogP contribution is 2.25. The number of anilines is 2. The molecule has 0 amide bonds. The maximum absolute atomic E-state index is 6.06. The van der Waals surface area contributed by atoms with Crippen LogP contribution in [0.4, 0.5) is 11.4 Å². The second kappa shape index (κ2) is 6.59. The number of piperazine rings is 1. The summed E-state index contributed by atoms with van der Waals surface area (Å²) < 4.78 is 1.03. The Morgan fingerprint density at radius 1 is 1.26 bits per heavy atom. The fraction of sp³-hybridized carbons (Fsp3) is 0.571. The van der Waals surface area contributed by atoms with Crippen molar-refractivity contribution >= 4 is 27.3 Å². The van der Waals surface area contributed by atoms with E-state index in [4.69, 9.17) is 5.73 Å². The maximum Gasteiger partial charge on any atom is 0.0598 e. The van der Waals surface area contributed by atoms with Gasteiger partial charge in [-0.15, -0.1) is 0 Å². The second-order valence-electron chi connectivity index (χ2n) is 5.27. The van der Waals surface area contributed by atoms with Gasteiger partial charge >= 0.3 is 0 Å². The SMILES string of the molecule is CN1CCN(CCN(C)c2ccc(Br)cc2N)CC1. The quantitative estimate of drug-likeness (QED) is 0.854. The van der Waals surface area contributed by atoms with Crippen molar-refractivity contribution in [1.82, 2.24) is 9.80 Å². The first-order valence-electron chi connectivity index (χ1n) is 6.73. The number of benzene rings is 1. The van der Waals surface area contributed by atoms with E-state index in [9.17, 15) is 0 Å². The fourth-order valence-corrected chi connectivity index (χ4v) is 2.74. The highest BCUT2D eigenvalue weighted by atomic mass is 79.9. The standard InChI is InChI=1S/C14H23BrN4/c1-17-5-8-19(9-6-17)10-7-18(2)14-4-3-12(15)11-13(14)16/h3-4,11H,5-10,16H2,1-2H3. The van der Waals surface area contributed by atoms with Crippen molar-refractivity contribution in [3.05, 3.63) is 22.7 Å². The second-order valence-corrected chi connectivity index (χ2v) is 6.19. The summed E-state index contributed by atoms with van der Waals surface area (Å²) in [6, 6.07) is 6.07. The molecule has 106 valence electrons. The Hall–Kier alpha value is -0.780. The van der Waals surface area contributed by atoms with E-state index < -0.39 is 0 Å². The van der Waals surface area contributed by atoms with Crippen LogP contribution in [-0.4, -0.2) is 63.2 Å². The molecule has 0 aliphatic carbocycles. The number of halogens is 1. The minimum atomic E-state index is 0.829. The third-order valence-electron chi connectivity index (χ3n) is 3.75. The number of rotatable bonds is 4. The molecule has 0 atom stereocenters. The molecule has 0 aromatic heterocycles. The predicted molar refractivity (Wildman–Crippen MR) is 85.8 cm³/mol. The van der Waals surface area contributed by atoms with E-state index in [0.29, 0.717) is 0 Å². The summed E-state index contributed by atoms with van der Waals surface area (Å²) >= 11 is 3.44. The largest absolute Gasteiger partial charge is 0.397 e. The van der Waals surface area contributed by atoms with Crippen LogP contribution >= 0.6 is 15.9 Å². The van der Waals surface area contributed by atoms with Crippen LogP contribution in [0.15, 0.2) is 22.7 Å². The third-order valence-corrected chi connectivity index (χ3v) is 4.24. The molecule has 1 saturated heterocycles. The normalized spacial score (nSPS) is 17.6. The summed E-state index contributed by atoms with van der Waals surface area (Å²) in [7, 11) is 4.29. The summed E-state index contributed by atoms with van der Waals surface area (Å²) in [5, 5.41) is 0. The Bertz CT molecular complexity index is 416. The number of nitrogens with zero attached hydrogens (tertiary/aromatic N) is 3. The van der Waals surface area contributed by atoms with Crippen molar-refractivity contribution < 1.29 is 0 Å². The minimum Gasteiger partial charge on any atom is -0.397 e. The molecule has 0 spiro atoms. The lowest BCUT2D eigenvalue weighted by Gasteiger charge is -2.33. The van der Waals surface area contributed by atoms with Gasteiger partial charge in [-0.05, 0) is 25.2 Å². The van der Waals surface area contributed by atoms with E-state index in [-0.39, 0.29) is 0 Å². The van der Waals surface area contributed by atoms with Crippen molar-refractivity contribution in [2.75, 3.05) is 64.0 Å². The fourth-order valence-electron chi connectivity index (χ4n) is 2.36. The average molecular weight is 327 g/mol. The Morgan fingerprint density at radius 3 is 2.58 bits per heavy atom. The Labute approximate surface area is 124 Å². The van der Waals surface area contributed by atoms with Crippen LogP contribution in [-0.2, 0) is 0 Å². The summed E-state index contributed by atoms with van der Waals surface area (Å²) in [5.74, 6) is 0. The number of hydrogen-bond acceptors (Lipinski definition) is 4. The molecule has 1 aromatic rings. The number of likely N-dealkylation sites (N-methyl/N-ethyl adjacent to an activating group) is 2. The topological polar surface area (TPSA) is 35.7 Å². The van der Waals surface area contributed by atoms with Crippen molar-refractivity contribution in [3.8, 4) is 0 Å². The zero-order chi connectivity index (χ0) is 13.8. The van der Waals surface area contributed by atoms with Gasteiger partial charge in [-0.2, -0.15) is 0 Å². The molecule has 19 heavy (non-hydrogen) atoms. The van der Waals surface area contributed by atoms with E-state index in [1.807, 2.05) is 12.1 Å². The first-order chi connectivity index (χ1) is 9.06. The van der Waals surface area contributed by atoms with Crippen LogP contribution in [0.3, 0.4) is 0 Å². The number of nitrogens with two attached hydrogens (primary N) is 1. The van der Waals surface area contributed by atoms with Crippen molar-refractivity contribution in [2.24, 2.45) is 0 Å². The summed E-state index contributed by atoms with van der Waals surface area (Å²) in [4.78, 5) is 7.14. The molecule has 0 unspecified atom stereocenters. The van der Waals surface area contributed by atoms with Gasteiger partial charge in [0, 0.05) is 50.8 Å². The monoisotopic (exact) mass is 326 g/mol. The van der Waals surface area contributed by atoms with E-state index in [2.05, 4.69) is 50.8 Å². The van der Waals surface area contributed by atoms with Gasteiger partial charge < -0.3 is 15.5 Å². The van der Waals surface area contributed by atoms with Crippen LogP contribution in [0.5, 0.6) is 0 Å². The Balaban J connectivity index is 1.85. The zero-order valence-corrected chi connectivity index (χ0v) is 13.4. The highest BCUT2D eigenvalue weighted by molar-refractivity contribution is 9.10. The Kier molecular flexibility index (Phi) is 5.07. The van der Waals surface area contributed by atoms with Gasteiger partial charge in [-0.3, -0.25) is 4.90 Å². The predicted octanol–water partition coefficient (Wildman–Crippen LogP) is 1.71. The number of nitrogen functional groups attached to an aromatic ring is 1. The number of hydrogen-bond donors (Lipinski definition) is 1. The van der Waals surface area contributed by atoms with Gasteiger partial charge in [0.05, 0.1) is 11.4 Å². The molecular weight excluding hydrogens is 304 g/mol. The van der Waals surface area contributed by atoms with Gasteiger partial charge in [-0.1, -0.05) is 15.9 Å². The molecule has 1 heterocycles. The Morgan fingerprint density at radius 2 is 1.95 bits per heavy atom. The van der Waals surface area contributed by atoms with Crippen LogP contribution in [0, 0.1) is 0 Å². The van der Waals surface area contributed by atoms with Crippen LogP contribution in [0.1, 0.15) is 0 Å². The van der Waals surface area contributed by atoms with Gasteiger partial charge in [0.25, 0.3) is 0 Å². The smallest absolute Gasteiger partial charge is 0.0598 e. The average Bonchev–Trinajstić information content (AvgIpc) is 2.37. The molecule has 4 nitrogen and oxygen atoms in total. The summed E-state index contributed by atoms with van der Waals surface area (Å²) in [6.07, 6.45) is 0. The van der Waals surface area contributed by atoms with Crippen LogP contribution < -0.4 is 10.6 Å². The van der Waals surface area contributed by atoms with E-state index in [1.54, 1.807) is 0 Å². The lowest BCUT2D eigenvalue weighted by Crippen LogP contribution is -2.46. The van der Waals surface area contributed by atoms with E-state index >= 15 is 0 Å². The molecule has 2 N–H and O–H groups in total. The summed E-state index contributed by atoms with van der Waals surface area (Å²) in [6.45, 7) is 6.78. The van der Waals surface area contributed by atoms with Crippen molar-refractivity contribution in [1.29, 1.82) is 0 Å². The van der Waals surface area contributed by atoms with Crippen LogP contribution in [0.2, 0.25) is 0 Å². The van der Waals surface area contributed by atoms with Crippen molar-refractivity contribution in [2.45, 2.75) is 0 Å². The van der Waals surface area contributed by atoms with Gasteiger partial charge in [0.2, 0.25) is 0 Å². The minimum absolute atomic E-state index is 0.829. The lowest BCUT2D eigenvalue weighted by molar-refractivity contribution is 0.157. The maximum atomic E-state index is 6.06. The van der Waals surface area contributed by atoms with Crippen LogP contribution in [0.25, 0.3) is 0 Å². The first kappa shape index (κ1) is 14.6. The molecule has 0 radical (unpaired) electrons. The molecule has 5 heteroatoms. The van der Waals surface area contributed by atoms with Gasteiger partial charge in [0.1, 0.15) is 0 Å². The zero-order valence-electron chi connectivity index (χ0n) is 11.8. The first-order valence-corrected chi connectivity index (χ1v) is 7.52.